The summed E-state index contributed by atoms with van der Waals surface area (Å²) in [5.74, 6) is 0.0439. The topological polar surface area (TPSA) is 50.4 Å². The highest BCUT2D eigenvalue weighted by Crippen LogP contribution is 2.05. The molecule has 0 spiro atoms. The van der Waals surface area contributed by atoms with Crippen molar-refractivity contribution in [2.24, 2.45) is 0 Å². The Morgan fingerprint density at radius 3 is 2.79 bits per heavy atom. The average Bonchev–Trinajstić information content (AvgIpc) is 2.39. The van der Waals surface area contributed by atoms with Crippen molar-refractivity contribution < 1.29 is 9.53 Å². The minimum atomic E-state index is 0.0439. The Balaban J connectivity index is 2.32. The summed E-state index contributed by atoms with van der Waals surface area (Å²) < 4.78 is 5.10. The predicted molar refractivity (Wildman–Crippen MR) is 76.8 cm³/mol. The molecule has 19 heavy (non-hydrogen) atoms. The van der Waals surface area contributed by atoms with Crippen molar-refractivity contribution in [3.63, 3.8) is 0 Å². The largest absolute Gasteiger partial charge is 0.380 e. The molecule has 1 aromatic rings. The standard InChI is InChI=1S/C15H24N2O2/c1-4-12(2)17-15(18)10-16-9-13-6-5-7-14(8-13)11-19-3/h5-8,12,16H,4,9-11H2,1-3H3,(H,17,18). The molecule has 0 heterocycles. The van der Waals surface area contributed by atoms with Gasteiger partial charge in [0, 0.05) is 19.7 Å². The molecule has 4 heteroatoms. The van der Waals surface area contributed by atoms with Gasteiger partial charge in [0.2, 0.25) is 5.91 Å². The zero-order chi connectivity index (χ0) is 14.1. The second-order valence-corrected chi connectivity index (χ2v) is 4.73. The molecule has 106 valence electrons. The van der Waals surface area contributed by atoms with Crippen molar-refractivity contribution >= 4 is 5.91 Å². The molecule has 1 rings (SSSR count). The molecule has 0 fully saturated rings. The Bertz CT molecular complexity index is 393. The summed E-state index contributed by atoms with van der Waals surface area (Å²) in [6.07, 6.45) is 0.949. The molecule has 2 N–H and O–H groups in total. The van der Waals surface area contributed by atoms with Gasteiger partial charge in [-0.25, -0.2) is 0 Å². The van der Waals surface area contributed by atoms with Gasteiger partial charge in [-0.2, -0.15) is 0 Å². The summed E-state index contributed by atoms with van der Waals surface area (Å²) in [7, 11) is 1.68. The first kappa shape index (κ1) is 15.7. The van der Waals surface area contributed by atoms with E-state index in [9.17, 15) is 4.79 Å². The van der Waals surface area contributed by atoms with Crippen LogP contribution in [0.25, 0.3) is 0 Å². The first-order valence-electron chi connectivity index (χ1n) is 6.72. The molecule has 1 amide bonds. The molecular formula is C15H24N2O2. The molecule has 0 bridgehead atoms. The van der Waals surface area contributed by atoms with E-state index >= 15 is 0 Å². The SMILES string of the molecule is CCC(C)NC(=O)CNCc1cccc(COC)c1. The van der Waals surface area contributed by atoms with Gasteiger partial charge in [-0.15, -0.1) is 0 Å². The average molecular weight is 264 g/mol. The molecule has 0 aromatic heterocycles. The van der Waals surface area contributed by atoms with Crippen molar-refractivity contribution in [2.45, 2.75) is 39.5 Å². The predicted octanol–water partition coefficient (Wildman–Crippen LogP) is 1.84. The van der Waals surface area contributed by atoms with Gasteiger partial charge < -0.3 is 15.4 Å². The maximum Gasteiger partial charge on any atom is 0.234 e. The zero-order valence-corrected chi connectivity index (χ0v) is 12.0. The van der Waals surface area contributed by atoms with Crippen LogP contribution in [-0.2, 0) is 22.7 Å². The number of rotatable bonds is 8. The normalized spacial score (nSPS) is 12.2. The van der Waals surface area contributed by atoms with Gasteiger partial charge in [0.1, 0.15) is 0 Å². The van der Waals surface area contributed by atoms with Gasteiger partial charge in [-0.05, 0) is 24.5 Å². The number of ether oxygens (including phenoxy) is 1. The minimum Gasteiger partial charge on any atom is -0.380 e. The summed E-state index contributed by atoms with van der Waals surface area (Å²) in [5.41, 5.74) is 2.30. The van der Waals surface area contributed by atoms with E-state index in [-0.39, 0.29) is 11.9 Å². The minimum absolute atomic E-state index is 0.0439. The Kier molecular flexibility index (Phi) is 7.15. The first-order valence-corrected chi connectivity index (χ1v) is 6.72. The van der Waals surface area contributed by atoms with Crippen molar-refractivity contribution in [3.05, 3.63) is 35.4 Å². The highest BCUT2D eigenvalue weighted by Gasteiger charge is 2.04. The lowest BCUT2D eigenvalue weighted by Crippen LogP contribution is -2.38. The molecule has 0 radical (unpaired) electrons. The number of hydrogen-bond donors (Lipinski definition) is 2. The van der Waals surface area contributed by atoms with E-state index in [1.165, 1.54) is 0 Å². The number of hydrogen-bond acceptors (Lipinski definition) is 3. The van der Waals surface area contributed by atoms with Crippen LogP contribution in [0.5, 0.6) is 0 Å². The van der Waals surface area contributed by atoms with Crippen LogP contribution in [0.15, 0.2) is 24.3 Å². The zero-order valence-electron chi connectivity index (χ0n) is 12.0. The van der Waals surface area contributed by atoms with E-state index in [1.807, 2.05) is 25.1 Å². The van der Waals surface area contributed by atoms with E-state index in [0.717, 1.165) is 17.5 Å². The molecule has 1 unspecified atom stereocenters. The molecule has 4 nitrogen and oxygen atoms in total. The van der Waals surface area contributed by atoms with E-state index in [1.54, 1.807) is 7.11 Å². The summed E-state index contributed by atoms with van der Waals surface area (Å²) in [6.45, 7) is 5.71. The van der Waals surface area contributed by atoms with E-state index in [0.29, 0.717) is 19.7 Å². The Morgan fingerprint density at radius 2 is 2.11 bits per heavy atom. The number of carbonyl (C=O) groups is 1. The lowest BCUT2D eigenvalue weighted by Gasteiger charge is -2.12. The number of methoxy groups -OCH3 is 1. The maximum atomic E-state index is 11.6. The Labute approximate surface area is 115 Å². The third kappa shape index (κ3) is 6.36. The molecular weight excluding hydrogens is 240 g/mol. The summed E-state index contributed by atoms with van der Waals surface area (Å²) >= 11 is 0. The van der Waals surface area contributed by atoms with Gasteiger partial charge in [0.15, 0.2) is 0 Å². The van der Waals surface area contributed by atoms with Crippen LogP contribution in [0.1, 0.15) is 31.4 Å². The molecule has 1 aromatic carbocycles. The van der Waals surface area contributed by atoms with E-state index in [4.69, 9.17) is 4.74 Å². The smallest absolute Gasteiger partial charge is 0.234 e. The fraction of sp³-hybridized carbons (Fsp3) is 0.533. The van der Waals surface area contributed by atoms with Crippen molar-refractivity contribution in [3.8, 4) is 0 Å². The van der Waals surface area contributed by atoms with Crippen LogP contribution < -0.4 is 10.6 Å². The molecule has 0 aliphatic heterocycles. The first-order chi connectivity index (χ1) is 9.15. The van der Waals surface area contributed by atoms with Gasteiger partial charge in [-0.3, -0.25) is 4.79 Å². The van der Waals surface area contributed by atoms with Crippen molar-refractivity contribution in [1.82, 2.24) is 10.6 Å². The van der Waals surface area contributed by atoms with Gasteiger partial charge in [-0.1, -0.05) is 31.2 Å². The summed E-state index contributed by atoms with van der Waals surface area (Å²) in [4.78, 5) is 11.6. The third-order valence-electron chi connectivity index (χ3n) is 2.94. The lowest BCUT2D eigenvalue weighted by molar-refractivity contribution is -0.120. The molecule has 0 saturated carbocycles. The maximum absolute atomic E-state index is 11.6. The number of nitrogens with one attached hydrogen (secondary N) is 2. The van der Waals surface area contributed by atoms with Gasteiger partial charge in [0.05, 0.1) is 13.2 Å². The van der Waals surface area contributed by atoms with Crippen LogP contribution in [0.2, 0.25) is 0 Å². The molecule has 0 aliphatic carbocycles. The fourth-order valence-electron chi connectivity index (χ4n) is 1.74. The van der Waals surface area contributed by atoms with Gasteiger partial charge >= 0.3 is 0 Å². The van der Waals surface area contributed by atoms with Crippen LogP contribution in [0, 0.1) is 0 Å². The van der Waals surface area contributed by atoms with Crippen molar-refractivity contribution in [2.75, 3.05) is 13.7 Å². The molecule has 1 atom stereocenters. The Hall–Kier alpha value is -1.39. The van der Waals surface area contributed by atoms with Gasteiger partial charge in [0.25, 0.3) is 0 Å². The van der Waals surface area contributed by atoms with Crippen LogP contribution in [0.3, 0.4) is 0 Å². The molecule has 0 aliphatic rings. The highest BCUT2D eigenvalue weighted by atomic mass is 16.5. The monoisotopic (exact) mass is 264 g/mol. The van der Waals surface area contributed by atoms with Crippen LogP contribution >= 0.6 is 0 Å². The third-order valence-corrected chi connectivity index (χ3v) is 2.94. The second-order valence-electron chi connectivity index (χ2n) is 4.73. The summed E-state index contributed by atoms with van der Waals surface area (Å²) in [5, 5.41) is 6.07. The highest BCUT2D eigenvalue weighted by molar-refractivity contribution is 5.78. The quantitative estimate of drug-likeness (QED) is 0.753. The number of benzene rings is 1. The summed E-state index contributed by atoms with van der Waals surface area (Å²) in [6, 6.07) is 8.40. The van der Waals surface area contributed by atoms with E-state index in [2.05, 4.69) is 23.6 Å². The lowest BCUT2D eigenvalue weighted by atomic mass is 10.1. The second kappa shape index (κ2) is 8.67. The number of amides is 1. The van der Waals surface area contributed by atoms with E-state index < -0.39 is 0 Å². The fourth-order valence-corrected chi connectivity index (χ4v) is 1.74. The van der Waals surface area contributed by atoms with Crippen LogP contribution in [-0.4, -0.2) is 25.6 Å². The molecule has 0 saturated heterocycles. The van der Waals surface area contributed by atoms with Crippen LogP contribution in [0.4, 0.5) is 0 Å². The van der Waals surface area contributed by atoms with Crippen molar-refractivity contribution in [1.29, 1.82) is 0 Å². The number of carbonyl (C=O) groups excluding carboxylic acids is 1. The Morgan fingerprint density at radius 1 is 1.37 bits per heavy atom.